The van der Waals surface area contributed by atoms with Crippen molar-refractivity contribution >= 4 is 11.8 Å². The molecule has 0 bridgehead atoms. The van der Waals surface area contributed by atoms with E-state index in [4.69, 9.17) is 4.74 Å². The van der Waals surface area contributed by atoms with Crippen LogP contribution in [0.4, 0.5) is 0 Å². The van der Waals surface area contributed by atoms with Gasteiger partial charge in [0.25, 0.3) is 0 Å². The molecule has 0 aliphatic heterocycles. The topological polar surface area (TPSA) is 55.4 Å². The van der Waals surface area contributed by atoms with Crippen LogP contribution in [0.25, 0.3) is 11.1 Å². The van der Waals surface area contributed by atoms with Crippen LogP contribution in [0.3, 0.4) is 0 Å². The Kier molecular flexibility index (Phi) is 6.51. The monoisotopic (exact) mass is 311 g/mol. The lowest BCUT2D eigenvalue weighted by Gasteiger charge is -2.06. The second kappa shape index (κ2) is 8.86. The second-order valence-electron chi connectivity index (χ2n) is 5.10. The van der Waals surface area contributed by atoms with E-state index in [-0.39, 0.29) is 18.3 Å². The average Bonchev–Trinajstić information content (AvgIpc) is 2.60. The maximum absolute atomic E-state index is 12.1. The van der Waals surface area contributed by atoms with Crippen LogP contribution in [0.2, 0.25) is 0 Å². The summed E-state index contributed by atoms with van der Waals surface area (Å²) >= 11 is 0. The van der Waals surface area contributed by atoms with Gasteiger partial charge in [-0.25, -0.2) is 0 Å². The molecule has 0 aliphatic rings. The highest BCUT2D eigenvalue weighted by molar-refractivity contribution is 5.96. The normalized spacial score (nSPS) is 10.3. The minimum atomic E-state index is -0.299. The first-order chi connectivity index (χ1) is 11.2. The number of ketones is 1. The van der Waals surface area contributed by atoms with Gasteiger partial charge in [-0.1, -0.05) is 54.6 Å². The molecule has 0 aliphatic carbocycles. The number of esters is 1. The lowest BCUT2D eigenvalue weighted by atomic mass is 10.0. The molecule has 0 unspecified atom stereocenters. The molecule has 0 fully saturated rings. The highest BCUT2D eigenvalue weighted by Gasteiger charge is 2.07. The Balaban J connectivity index is 1.82. The lowest BCUT2D eigenvalue weighted by Crippen LogP contribution is -2.26. The van der Waals surface area contributed by atoms with E-state index in [1.165, 1.54) is 0 Å². The molecule has 0 amide bonds. The van der Waals surface area contributed by atoms with Gasteiger partial charge < -0.3 is 10.1 Å². The fourth-order valence-corrected chi connectivity index (χ4v) is 2.23. The summed E-state index contributed by atoms with van der Waals surface area (Å²) in [6.45, 7) is 2.72. The highest BCUT2D eigenvalue weighted by Crippen LogP contribution is 2.19. The van der Waals surface area contributed by atoms with Gasteiger partial charge in [0, 0.05) is 18.5 Å². The van der Waals surface area contributed by atoms with E-state index in [0.29, 0.717) is 25.1 Å². The van der Waals surface area contributed by atoms with Crippen molar-refractivity contribution in [1.29, 1.82) is 0 Å². The summed E-state index contributed by atoms with van der Waals surface area (Å²) in [5, 5.41) is 2.91. The van der Waals surface area contributed by atoms with E-state index in [0.717, 1.165) is 11.1 Å². The Morgan fingerprint density at radius 2 is 1.61 bits per heavy atom. The van der Waals surface area contributed by atoms with Gasteiger partial charge in [-0.15, -0.1) is 0 Å². The van der Waals surface area contributed by atoms with Crippen molar-refractivity contribution in [3.8, 4) is 11.1 Å². The Morgan fingerprint density at radius 3 is 2.26 bits per heavy atom. The number of rotatable bonds is 8. The lowest BCUT2D eigenvalue weighted by molar-refractivity contribution is -0.141. The van der Waals surface area contributed by atoms with Crippen LogP contribution in [-0.2, 0) is 9.53 Å². The van der Waals surface area contributed by atoms with Crippen LogP contribution in [-0.4, -0.2) is 31.4 Å². The minimum absolute atomic E-state index is 0.0565. The number of hydrogen-bond donors (Lipinski definition) is 1. The van der Waals surface area contributed by atoms with Crippen molar-refractivity contribution in [3.05, 3.63) is 60.2 Å². The molecule has 0 spiro atoms. The van der Waals surface area contributed by atoms with Crippen molar-refractivity contribution in [2.75, 3.05) is 19.7 Å². The first-order valence-corrected chi connectivity index (χ1v) is 7.75. The molecule has 0 radical (unpaired) electrons. The summed E-state index contributed by atoms with van der Waals surface area (Å²) in [6.07, 6.45) is 0.351. The first-order valence-electron chi connectivity index (χ1n) is 7.75. The van der Waals surface area contributed by atoms with Gasteiger partial charge in [-0.2, -0.15) is 0 Å². The molecule has 4 nitrogen and oxygen atoms in total. The van der Waals surface area contributed by atoms with E-state index in [2.05, 4.69) is 5.32 Å². The Morgan fingerprint density at radius 1 is 0.957 bits per heavy atom. The molecule has 23 heavy (non-hydrogen) atoms. The van der Waals surface area contributed by atoms with Crippen molar-refractivity contribution in [2.24, 2.45) is 0 Å². The molecule has 0 saturated heterocycles. The second-order valence-corrected chi connectivity index (χ2v) is 5.10. The molecule has 0 saturated carbocycles. The number of carbonyl (C=O) groups excluding carboxylic acids is 2. The van der Waals surface area contributed by atoms with E-state index in [1.807, 2.05) is 54.6 Å². The summed E-state index contributed by atoms with van der Waals surface area (Å²) in [5.74, 6) is -0.242. The molecule has 0 aromatic heterocycles. The Hall–Kier alpha value is -2.46. The molecule has 4 heteroatoms. The largest absolute Gasteiger partial charge is 0.465 e. The van der Waals surface area contributed by atoms with E-state index >= 15 is 0 Å². The number of ether oxygens (including phenoxy) is 1. The number of benzene rings is 2. The summed E-state index contributed by atoms with van der Waals surface area (Å²) in [6, 6.07) is 17.6. The fraction of sp³-hybridized carbons (Fsp3) is 0.263. The molecular weight excluding hydrogens is 290 g/mol. The molecule has 1 N–H and O–H groups in total. The van der Waals surface area contributed by atoms with Gasteiger partial charge in [0.2, 0.25) is 0 Å². The Labute approximate surface area is 136 Å². The SMILES string of the molecule is CCOC(=O)CNCCC(=O)c1ccc(-c2ccccc2)cc1. The van der Waals surface area contributed by atoms with Crippen molar-refractivity contribution < 1.29 is 14.3 Å². The van der Waals surface area contributed by atoms with Crippen LogP contribution >= 0.6 is 0 Å². The maximum atomic E-state index is 12.1. The molecule has 0 atom stereocenters. The van der Waals surface area contributed by atoms with Gasteiger partial charge in [0.05, 0.1) is 13.2 Å². The van der Waals surface area contributed by atoms with Gasteiger partial charge in [-0.05, 0) is 18.1 Å². The van der Waals surface area contributed by atoms with Crippen LogP contribution < -0.4 is 5.32 Å². The average molecular weight is 311 g/mol. The molecule has 2 aromatic rings. The number of Topliss-reactive ketones (excluding diaryl/α,β-unsaturated/α-hetero) is 1. The van der Waals surface area contributed by atoms with Crippen LogP contribution in [0.1, 0.15) is 23.7 Å². The maximum Gasteiger partial charge on any atom is 0.319 e. The zero-order chi connectivity index (χ0) is 16.5. The summed E-state index contributed by atoms with van der Waals surface area (Å²) < 4.78 is 4.80. The zero-order valence-electron chi connectivity index (χ0n) is 13.2. The molecular formula is C19H21NO3. The first kappa shape index (κ1) is 16.9. The van der Waals surface area contributed by atoms with E-state index < -0.39 is 0 Å². The van der Waals surface area contributed by atoms with E-state index in [1.54, 1.807) is 6.92 Å². The number of nitrogens with one attached hydrogen (secondary N) is 1. The summed E-state index contributed by atoms with van der Waals surface area (Å²) in [4.78, 5) is 23.3. The van der Waals surface area contributed by atoms with Gasteiger partial charge >= 0.3 is 5.97 Å². The van der Waals surface area contributed by atoms with Crippen molar-refractivity contribution in [2.45, 2.75) is 13.3 Å². The van der Waals surface area contributed by atoms with Crippen LogP contribution in [0.5, 0.6) is 0 Å². The van der Waals surface area contributed by atoms with E-state index in [9.17, 15) is 9.59 Å². The fourth-order valence-electron chi connectivity index (χ4n) is 2.23. The van der Waals surface area contributed by atoms with Crippen LogP contribution in [0, 0.1) is 0 Å². The standard InChI is InChI=1S/C19H21NO3/c1-2-23-19(22)14-20-13-12-18(21)17-10-8-16(9-11-17)15-6-4-3-5-7-15/h3-11,20H,2,12-14H2,1H3. The summed E-state index contributed by atoms with van der Waals surface area (Å²) in [7, 11) is 0. The van der Waals surface area contributed by atoms with Crippen molar-refractivity contribution in [3.63, 3.8) is 0 Å². The third kappa shape index (κ3) is 5.34. The number of carbonyl (C=O) groups is 2. The van der Waals surface area contributed by atoms with Gasteiger partial charge in [0.15, 0.2) is 5.78 Å². The molecule has 2 rings (SSSR count). The Bertz CT molecular complexity index is 635. The van der Waals surface area contributed by atoms with Crippen molar-refractivity contribution in [1.82, 2.24) is 5.32 Å². The smallest absolute Gasteiger partial charge is 0.319 e. The van der Waals surface area contributed by atoms with Gasteiger partial charge in [0.1, 0.15) is 0 Å². The third-order valence-corrected chi connectivity index (χ3v) is 3.42. The summed E-state index contributed by atoms with van der Waals surface area (Å²) in [5.41, 5.74) is 2.90. The minimum Gasteiger partial charge on any atom is -0.465 e. The predicted molar refractivity (Wildman–Crippen MR) is 90.3 cm³/mol. The van der Waals surface area contributed by atoms with Crippen LogP contribution in [0.15, 0.2) is 54.6 Å². The molecule has 0 heterocycles. The predicted octanol–water partition coefficient (Wildman–Crippen LogP) is 3.08. The molecule has 120 valence electrons. The molecule has 2 aromatic carbocycles. The number of hydrogen-bond acceptors (Lipinski definition) is 4. The highest BCUT2D eigenvalue weighted by atomic mass is 16.5. The van der Waals surface area contributed by atoms with Gasteiger partial charge in [-0.3, -0.25) is 9.59 Å². The zero-order valence-corrected chi connectivity index (χ0v) is 13.2. The quantitative estimate of drug-likeness (QED) is 0.462. The third-order valence-electron chi connectivity index (χ3n) is 3.42.